The Balaban J connectivity index is 1.11. The Bertz CT molecular complexity index is 2740. The van der Waals surface area contributed by atoms with E-state index in [1.54, 1.807) is 12.1 Å². The van der Waals surface area contributed by atoms with E-state index in [4.69, 9.17) is 29.9 Å². The lowest BCUT2D eigenvalue weighted by molar-refractivity contribution is 0.592. The van der Waals surface area contributed by atoms with Crippen LogP contribution in [0.25, 0.3) is 68.3 Å². The lowest BCUT2D eigenvalue weighted by atomic mass is 10.1. The molecule has 0 aliphatic rings. The number of nitrogens with zero attached hydrogens (tertiary/aromatic N) is 6. The zero-order chi connectivity index (χ0) is 38.6. The van der Waals surface area contributed by atoms with Crippen molar-refractivity contribution in [1.29, 1.82) is 0 Å². The standard InChI is InChI=1S/C48H32FN6OP/c49-39-29-25-37(26-30-39)47-53-46(54-48(55-47)38-27-31-42(32-28-38)57(56,40-17-9-3-10-18-40)41-19-11-4-12-20-41)36-23-21-35(22-24-36)45-51-43(33-13-5-1-6-14-33)50-44(52-45)34-15-7-2-8-16-34/h1-32H. The summed E-state index contributed by atoms with van der Waals surface area (Å²) in [6.45, 7) is 0. The van der Waals surface area contributed by atoms with Crippen LogP contribution >= 0.6 is 7.14 Å². The second-order valence-electron chi connectivity index (χ2n) is 13.3. The highest BCUT2D eigenvalue weighted by Gasteiger charge is 2.29. The molecule has 0 fully saturated rings. The minimum Gasteiger partial charge on any atom is -0.309 e. The van der Waals surface area contributed by atoms with Gasteiger partial charge in [-0.3, -0.25) is 0 Å². The van der Waals surface area contributed by atoms with Crippen LogP contribution in [0.15, 0.2) is 194 Å². The van der Waals surface area contributed by atoms with Gasteiger partial charge in [0, 0.05) is 49.3 Å². The van der Waals surface area contributed by atoms with Crippen LogP contribution in [0.2, 0.25) is 0 Å². The summed E-state index contributed by atoms with van der Waals surface area (Å²) >= 11 is 0. The first-order chi connectivity index (χ1) is 28.0. The van der Waals surface area contributed by atoms with Gasteiger partial charge in [-0.2, -0.15) is 0 Å². The van der Waals surface area contributed by atoms with Gasteiger partial charge in [0.2, 0.25) is 0 Å². The van der Waals surface area contributed by atoms with Gasteiger partial charge in [0.1, 0.15) is 5.82 Å². The maximum Gasteiger partial charge on any atom is 0.171 e. The van der Waals surface area contributed by atoms with Gasteiger partial charge in [0.15, 0.2) is 42.1 Å². The van der Waals surface area contributed by atoms with Crippen molar-refractivity contribution in [2.24, 2.45) is 0 Å². The molecule has 9 rings (SSSR count). The Labute approximate surface area is 329 Å². The highest BCUT2D eigenvalue weighted by Crippen LogP contribution is 2.42. The third-order valence-electron chi connectivity index (χ3n) is 9.57. The quantitative estimate of drug-likeness (QED) is 0.135. The maximum absolute atomic E-state index is 15.0. The van der Waals surface area contributed by atoms with Crippen LogP contribution in [0.4, 0.5) is 4.39 Å². The fraction of sp³-hybridized carbons (Fsp3) is 0. The Morgan fingerprint density at radius 2 is 0.509 bits per heavy atom. The number of hydrogen-bond acceptors (Lipinski definition) is 7. The van der Waals surface area contributed by atoms with E-state index in [-0.39, 0.29) is 5.82 Å². The van der Waals surface area contributed by atoms with Crippen LogP contribution in [-0.4, -0.2) is 29.9 Å². The molecule has 0 aliphatic heterocycles. The van der Waals surface area contributed by atoms with E-state index in [2.05, 4.69) is 0 Å². The Morgan fingerprint density at radius 3 is 0.825 bits per heavy atom. The molecule has 7 aromatic carbocycles. The minimum absolute atomic E-state index is 0.357. The van der Waals surface area contributed by atoms with Crippen LogP contribution in [0.5, 0.6) is 0 Å². The number of rotatable bonds is 9. The smallest absolute Gasteiger partial charge is 0.171 e. The average molecular weight is 759 g/mol. The van der Waals surface area contributed by atoms with E-state index in [1.807, 2.05) is 170 Å². The van der Waals surface area contributed by atoms with E-state index < -0.39 is 7.14 Å². The van der Waals surface area contributed by atoms with Crippen LogP contribution < -0.4 is 15.9 Å². The topological polar surface area (TPSA) is 94.4 Å². The SMILES string of the molecule is O=P(c1ccccc1)(c1ccccc1)c1ccc(-c2nc(-c3ccc(F)cc3)nc(-c3ccc(-c4nc(-c5ccccc5)nc(-c5ccccc5)n4)cc3)n2)cc1. The fourth-order valence-corrected chi connectivity index (χ4v) is 9.26. The molecule has 0 atom stereocenters. The van der Waals surface area contributed by atoms with Crippen molar-refractivity contribution in [3.63, 3.8) is 0 Å². The van der Waals surface area contributed by atoms with E-state index in [0.717, 1.165) is 32.9 Å². The molecule has 0 saturated carbocycles. The molecule has 0 saturated heterocycles. The predicted octanol–water partition coefficient (Wildman–Crippen LogP) is 9.84. The summed E-state index contributed by atoms with van der Waals surface area (Å²) in [5.74, 6) is 2.56. The van der Waals surface area contributed by atoms with Gasteiger partial charge in [-0.15, -0.1) is 0 Å². The zero-order valence-corrected chi connectivity index (χ0v) is 31.3. The van der Waals surface area contributed by atoms with Crippen molar-refractivity contribution < 1.29 is 8.96 Å². The molecule has 0 amide bonds. The van der Waals surface area contributed by atoms with Crippen LogP contribution in [0.1, 0.15) is 0 Å². The average Bonchev–Trinajstić information content (AvgIpc) is 3.30. The van der Waals surface area contributed by atoms with Gasteiger partial charge in [-0.1, -0.05) is 170 Å². The van der Waals surface area contributed by atoms with Gasteiger partial charge in [-0.05, 0) is 24.3 Å². The highest BCUT2D eigenvalue weighted by molar-refractivity contribution is 7.85. The number of benzene rings is 7. The van der Waals surface area contributed by atoms with Crippen molar-refractivity contribution in [2.75, 3.05) is 0 Å². The molecule has 2 heterocycles. The maximum atomic E-state index is 15.0. The van der Waals surface area contributed by atoms with Crippen molar-refractivity contribution in [1.82, 2.24) is 29.9 Å². The summed E-state index contributed by atoms with van der Waals surface area (Å²) in [4.78, 5) is 29.2. The first-order valence-corrected chi connectivity index (χ1v) is 20.0. The van der Waals surface area contributed by atoms with Crippen molar-refractivity contribution in [2.45, 2.75) is 0 Å². The predicted molar refractivity (Wildman–Crippen MR) is 225 cm³/mol. The van der Waals surface area contributed by atoms with E-state index in [9.17, 15) is 8.96 Å². The van der Waals surface area contributed by atoms with E-state index in [1.165, 1.54) is 12.1 Å². The lowest BCUT2D eigenvalue weighted by Gasteiger charge is -2.20. The van der Waals surface area contributed by atoms with E-state index >= 15 is 0 Å². The molecule has 0 unspecified atom stereocenters. The molecule has 7 nitrogen and oxygen atoms in total. The first kappa shape index (κ1) is 35.4. The molecule has 9 heteroatoms. The summed E-state index contributed by atoms with van der Waals surface area (Å²) in [6.07, 6.45) is 0. The largest absolute Gasteiger partial charge is 0.309 e. The van der Waals surface area contributed by atoms with Crippen molar-refractivity contribution >= 4 is 23.1 Å². The normalized spacial score (nSPS) is 11.3. The first-order valence-electron chi connectivity index (χ1n) is 18.3. The number of halogens is 1. The summed E-state index contributed by atoms with van der Waals surface area (Å²) in [5, 5.41) is 2.19. The number of aromatic nitrogens is 6. The van der Waals surface area contributed by atoms with Gasteiger partial charge < -0.3 is 4.57 Å². The van der Waals surface area contributed by atoms with Gasteiger partial charge >= 0.3 is 0 Å². The molecule has 0 spiro atoms. The molecule has 57 heavy (non-hydrogen) atoms. The second-order valence-corrected chi connectivity index (χ2v) is 16.0. The van der Waals surface area contributed by atoms with E-state index in [0.29, 0.717) is 51.4 Å². The molecule has 9 aromatic rings. The molecular formula is C48H32FN6OP. The van der Waals surface area contributed by atoms with Crippen LogP contribution in [0, 0.1) is 5.82 Å². The molecule has 0 N–H and O–H groups in total. The monoisotopic (exact) mass is 758 g/mol. The lowest BCUT2D eigenvalue weighted by Crippen LogP contribution is -2.24. The number of hydrogen-bond donors (Lipinski definition) is 0. The van der Waals surface area contributed by atoms with Gasteiger partial charge in [0.25, 0.3) is 0 Å². The molecule has 0 bridgehead atoms. The summed E-state index contributed by atoms with van der Waals surface area (Å²) in [7, 11) is -3.18. The summed E-state index contributed by atoms with van der Waals surface area (Å²) in [5.41, 5.74) is 4.65. The summed E-state index contributed by atoms with van der Waals surface area (Å²) in [6, 6.07) is 60.1. The van der Waals surface area contributed by atoms with Crippen LogP contribution in [0.3, 0.4) is 0 Å². The molecular weight excluding hydrogens is 727 g/mol. The zero-order valence-electron chi connectivity index (χ0n) is 30.4. The third kappa shape index (κ3) is 7.30. The van der Waals surface area contributed by atoms with Crippen molar-refractivity contribution in [3.8, 4) is 68.3 Å². The Morgan fingerprint density at radius 1 is 0.281 bits per heavy atom. The Hall–Kier alpha value is -7.28. The molecule has 272 valence electrons. The Kier molecular flexibility index (Phi) is 9.61. The fourth-order valence-electron chi connectivity index (χ4n) is 6.61. The highest BCUT2D eigenvalue weighted by atomic mass is 31.2. The van der Waals surface area contributed by atoms with Crippen LogP contribution in [-0.2, 0) is 4.57 Å². The molecule has 0 aliphatic carbocycles. The van der Waals surface area contributed by atoms with Gasteiger partial charge in [-0.25, -0.2) is 34.3 Å². The minimum atomic E-state index is -3.18. The summed E-state index contributed by atoms with van der Waals surface area (Å²) < 4.78 is 29.0. The molecule has 0 radical (unpaired) electrons. The van der Waals surface area contributed by atoms with Crippen molar-refractivity contribution in [3.05, 3.63) is 200 Å². The molecule has 2 aromatic heterocycles. The van der Waals surface area contributed by atoms with Gasteiger partial charge in [0.05, 0.1) is 0 Å². The third-order valence-corrected chi connectivity index (χ3v) is 12.6. The second kappa shape index (κ2) is 15.5.